The number of aliphatic hydroxyl groups is 1. The Morgan fingerprint density at radius 1 is 1.14 bits per heavy atom. The van der Waals surface area contributed by atoms with E-state index in [1.165, 1.54) is 6.07 Å². The maximum absolute atomic E-state index is 14.2. The largest absolute Gasteiger partial charge is 0.396 e. The van der Waals surface area contributed by atoms with Gasteiger partial charge in [0.15, 0.2) is 0 Å². The number of halogens is 2. The van der Waals surface area contributed by atoms with Crippen molar-refractivity contribution in [1.82, 2.24) is 4.98 Å². The molecule has 0 fully saturated rings. The van der Waals surface area contributed by atoms with Crippen molar-refractivity contribution in [3.05, 3.63) is 87.6 Å². The van der Waals surface area contributed by atoms with Crippen LogP contribution < -0.4 is 0 Å². The zero-order valence-corrected chi connectivity index (χ0v) is 16.9. The van der Waals surface area contributed by atoms with E-state index in [0.717, 1.165) is 31.8 Å². The fraction of sp³-hybridized carbons (Fsp3) is 0.174. The van der Waals surface area contributed by atoms with Gasteiger partial charge >= 0.3 is 0 Å². The summed E-state index contributed by atoms with van der Waals surface area (Å²) in [6.45, 7) is 2.08. The summed E-state index contributed by atoms with van der Waals surface area (Å²) in [7, 11) is 0. The second kappa shape index (κ2) is 8.00. The van der Waals surface area contributed by atoms with Crippen molar-refractivity contribution in [2.75, 3.05) is 6.61 Å². The maximum Gasteiger partial charge on any atom is 0.128 e. The van der Waals surface area contributed by atoms with Crippen molar-refractivity contribution >= 4 is 33.0 Å². The molecule has 5 heteroatoms. The van der Waals surface area contributed by atoms with Crippen LogP contribution in [0, 0.1) is 5.82 Å². The van der Waals surface area contributed by atoms with Gasteiger partial charge in [0, 0.05) is 50.9 Å². The van der Waals surface area contributed by atoms with Crippen molar-refractivity contribution in [2.24, 2.45) is 0 Å². The molecule has 0 aliphatic heterocycles. The van der Waals surface area contributed by atoms with Crippen LogP contribution in [-0.2, 0) is 6.42 Å². The van der Waals surface area contributed by atoms with Crippen LogP contribution in [0.2, 0.25) is 5.02 Å². The zero-order valence-electron chi connectivity index (χ0n) is 15.3. The van der Waals surface area contributed by atoms with E-state index in [-0.39, 0.29) is 18.3 Å². The van der Waals surface area contributed by atoms with Crippen LogP contribution in [0.4, 0.5) is 4.39 Å². The molecule has 0 unspecified atom stereocenters. The predicted molar refractivity (Wildman–Crippen MR) is 115 cm³/mol. The molecule has 0 saturated carbocycles. The van der Waals surface area contributed by atoms with Gasteiger partial charge in [0.1, 0.15) is 5.82 Å². The van der Waals surface area contributed by atoms with E-state index in [0.29, 0.717) is 17.0 Å². The number of hydrogen-bond donors (Lipinski definition) is 1. The minimum absolute atomic E-state index is 0.0584. The molecule has 28 heavy (non-hydrogen) atoms. The molecule has 2 heterocycles. The van der Waals surface area contributed by atoms with E-state index in [4.69, 9.17) is 11.6 Å². The van der Waals surface area contributed by atoms with Crippen LogP contribution >= 0.6 is 22.9 Å². The van der Waals surface area contributed by atoms with Gasteiger partial charge in [-0.25, -0.2) is 4.39 Å². The van der Waals surface area contributed by atoms with E-state index in [1.54, 1.807) is 29.7 Å². The molecule has 1 atom stereocenters. The molecule has 0 spiro atoms. The Bertz CT molecular complexity index is 1120. The molecule has 2 nitrogen and oxygen atoms in total. The minimum Gasteiger partial charge on any atom is -0.396 e. The third kappa shape index (κ3) is 3.68. The second-order valence-corrected chi connectivity index (χ2v) is 8.42. The first kappa shape index (κ1) is 19.1. The molecule has 1 N–H and O–H groups in total. The average molecular weight is 412 g/mol. The number of thiophene rings is 1. The highest BCUT2D eigenvalue weighted by Crippen LogP contribution is 2.36. The molecule has 4 rings (SSSR count). The van der Waals surface area contributed by atoms with Gasteiger partial charge in [-0.05, 0) is 41.3 Å². The second-order valence-electron chi connectivity index (χ2n) is 6.87. The Hall–Kier alpha value is -2.27. The molecule has 0 aliphatic carbocycles. The summed E-state index contributed by atoms with van der Waals surface area (Å²) in [5.74, 6) is -0.222. The average Bonchev–Trinajstić information content (AvgIpc) is 3.13. The van der Waals surface area contributed by atoms with Gasteiger partial charge in [0.05, 0.1) is 5.69 Å². The van der Waals surface area contributed by atoms with Crippen molar-refractivity contribution in [1.29, 1.82) is 0 Å². The highest BCUT2D eigenvalue weighted by atomic mass is 35.5. The van der Waals surface area contributed by atoms with Crippen LogP contribution in [0.15, 0.2) is 60.8 Å². The predicted octanol–water partition coefficient (Wildman–Crippen LogP) is 6.44. The zero-order chi connectivity index (χ0) is 19.7. The number of hydrogen-bond acceptors (Lipinski definition) is 3. The highest BCUT2D eigenvalue weighted by Gasteiger charge is 2.14. The first-order chi connectivity index (χ1) is 13.6. The lowest BCUT2D eigenvalue weighted by Gasteiger charge is -2.10. The van der Waals surface area contributed by atoms with E-state index >= 15 is 0 Å². The number of benzene rings is 2. The van der Waals surface area contributed by atoms with Crippen molar-refractivity contribution < 1.29 is 9.50 Å². The fourth-order valence-electron chi connectivity index (χ4n) is 3.29. The van der Waals surface area contributed by atoms with Gasteiger partial charge in [-0.3, -0.25) is 4.98 Å². The first-order valence-electron chi connectivity index (χ1n) is 9.08. The number of pyridine rings is 1. The van der Waals surface area contributed by atoms with Crippen LogP contribution in [0.25, 0.3) is 21.3 Å². The highest BCUT2D eigenvalue weighted by molar-refractivity contribution is 7.19. The van der Waals surface area contributed by atoms with Crippen molar-refractivity contribution in [2.45, 2.75) is 19.3 Å². The van der Waals surface area contributed by atoms with Crippen molar-refractivity contribution in [3.63, 3.8) is 0 Å². The number of fused-ring (bicyclic) bond motifs is 1. The summed E-state index contributed by atoms with van der Waals surface area (Å²) in [6.07, 6.45) is 2.24. The Kier molecular flexibility index (Phi) is 5.44. The Morgan fingerprint density at radius 3 is 2.75 bits per heavy atom. The molecule has 0 radical (unpaired) electrons. The number of aromatic nitrogens is 1. The topological polar surface area (TPSA) is 33.1 Å². The molecule has 2 aromatic carbocycles. The molecular weight excluding hydrogens is 393 g/mol. The van der Waals surface area contributed by atoms with Gasteiger partial charge in [-0.2, -0.15) is 0 Å². The first-order valence-corrected chi connectivity index (χ1v) is 10.3. The summed E-state index contributed by atoms with van der Waals surface area (Å²) in [5.41, 5.74) is 3.50. The standard InChI is InChI=1S/C23H19ClFNOS/c1-14(13-27)15-8-9-26-22(11-15)18-5-2-4-16-10-17(28-23(16)18)12-19-20(24)6-3-7-21(19)25/h2-11,14,27H,12-13H2,1H3/t14-/m1/s1. The SMILES string of the molecule is C[C@H](CO)c1ccnc(-c2cccc3cc(Cc4c(F)cccc4Cl)sc23)c1. The number of rotatable bonds is 5. The number of aliphatic hydroxyl groups excluding tert-OH is 1. The third-order valence-electron chi connectivity index (χ3n) is 4.91. The van der Waals surface area contributed by atoms with Gasteiger partial charge in [0.25, 0.3) is 0 Å². The van der Waals surface area contributed by atoms with Gasteiger partial charge < -0.3 is 5.11 Å². The number of nitrogens with zero attached hydrogens (tertiary/aromatic N) is 1. The normalized spacial score (nSPS) is 12.4. The van der Waals surface area contributed by atoms with E-state index in [9.17, 15) is 9.50 Å². The lowest BCUT2D eigenvalue weighted by atomic mass is 10.0. The molecule has 2 aromatic heterocycles. The molecule has 0 bridgehead atoms. The quantitative estimate of drug-likeness (QED) is 0.409. The Morgan fingerprint density at radius 2 is 1.96 bits per heavy atom. The molecule has 0 amide bonds. The van der Waals surface area contributed by atoms with Crippen LogP contribution in [0.3, 0.4) is 0 Å². The van der Waals surface area contributed by atoms with Gasteiger partial charge in [-0.15, -0.1) is 11.3 Å². The minimum atomic E-state index is -0.280. The summed E-state index contributed by atoms with van der Waals surface area (Å²) in [6, 6.07) is 17.0. The lowest BCUT2D eigenvalue weighted by Crippen LogP contribution is -1.99. The molecular formula is C23H19ClFNOS. The molecule has 0 aliphatic rings. The Labute approximate surface area is 172 Å². The summed E-state index contributed by atoms with van der Waals surface area (Å²) in [5, 5.41) is 11.0. The molecule has 0 saturated heterocycles. The Balaban J connectivity index is 1.76. The van der Waals surface area contributed by atoms with Crippen molar-refractivity contribution in [3.8, 4) is 11.3 Å². The monoisotopic (exact) mass is 411 g/mol. The van der Waals surface area contributed by atoms with Gasteiger partial charge in [-0.1, -0.05) is 42.8 Å². The molecule has 4 aromatic rings. The summed E-state index contributed by atoms with van der Waals surface area (Å²) < 4.78 is 15.3. The maximum atomic E-state index is 14.2. The van der Waals surface area contributed by atoms with Crippen LogP contribution in [-0.4, -0.2) is 16.7 Å². The fourth-order valence-corrected chi connectivity index (χ4v) is 4.71. The van der Waals surface area contributed by atoms with Gasteiger partial charge in [0.2, 0.25) is 0 Å². The summed E-state index contributed by atoms with van der Waals surface area (Å²) in [4.78, 5) is 5.59. The smallest absolute Gasteiger partial charge is 0.128 e. The third-order valence-corrected chi connectivity index (χ3v) is 6.45. The van der Waals surface area contributed by atoms with E-state index < -0.39 is 0 Å². The van der Waals surface area contributed by atoms with Crippen LogP contribution in [0.5, 0.6) is 0 Å². The van der Waals surface area contributed by atoms with E-state index in [2.05, 4.69) is 23.2 Å². The summed E-state index contributed by atoms with van der Waals surface area (Å²) >= 11 is 7.84. The van der Waals surface area contributed by atoms with E-state index in [1.807, 2.05) is 25.1 Å². The van der Waals surface area contributed by atoms with Crippen LogP contribution in [0.1, 0.15) is 28.8 Å². The lowest BCUT2D eigenvalue weighted by molar-refractivity contribution is 0.273. The molecule has 142 valence electrons.